The molecule has 3 rings (SSSR count). The fraction of sp³-hybridized carbons (Fsp3) is 0.619. The maximum Gasteiger partial charge on any atom is 0.122 e. The van der Waals surface area contributed by atoms with Crippen LogP contribution in [0.2, 0.25) is 0 Å². The van der Waals surface area contributed by atoms with Gasteiger partial charge in [0.15, 0.2) is 0 Å². The van der Waals surface area contributed by atoms with E-state index in [-0.39, 0.29) is 10.8 Å². The molecule has 1 N–H and O–H groups in total. The summed E-state index contributed by atoms with van der Waals surface area (Å²) >= 11 is 0. The average Bonchev–Trinajstić information content (AvgIpc) is 2.53. The number of fused-ring (bicyclic) bond motifs is 4. The van der Waals surface area contributed by atoms with Gasteiger partial charge in [0, 0.05) is 18.0 Å². The molecule has 1 aromatic rings. The summed E-state index contributed by atoms with van der Waals surface area (Å²) in [7, 11) is 0. The van der Waals surface area contributed by atoms with Crippen LogP contribution in [0.25, 0.3) is 0 Å². The monoisotopic (exact) mass is 329 g/mol. The van der Waals surface area contributed by atoms with Gasteiger partial charge in [-0.05, 0) is 48.4 Å². The van der Waals surface area contributed by atoms with Crippen molar-refractivity contribution in [2.45, 2.75) is 52.0 Å². The molecule has 1 heterocycles. The van der Waals surface area contributed by atoms with E-state index in [4.69, 9.17) is 4.74 Å². The average molecular weight is 329 g/mol. The predicted octanol–water partition coefficient (Wildman–Crippen LogP) is 3.82. The first kappa shape index (κ1) is 17.5. The number of nitrogens with zero attached hydrogens (tertiary/aromatic N) is 1. The van der Waals surface area contributed by atoms with E-state index >= 15 is 0 Å². The highest BCUT2D eigenvalue weighted by molar-refractivity contribution is 5.52. The number of phenols is 1. The molecule has 1 unspecified atom stereocenters. The highest BCUT2D eigenvalue weighted by Gasteiger charge is 2.56. The van der Waals surface area contributed by atoms with Crippen molar-refractivity contribution in [3.05, 3.63) is 41.5 Å². The topological polar surface area (TPSA) is 32.7 Å². The summed E-state index contributed by atoms with van der Waals surface area (Å²) in [4.78, 5) is 2.57. The molecule has 0 spiro atoms. The maximum atomic E-state index is 10.7. The molecule has 3 nitrogen and oxygen atoms in total. The van der Waals surface area contributed by atoms with Crippen LogP contribution < -0.4 is 0 Å². The standard InChI is InChI=1S/C21H31NO2/c1-6-12-24-13-11-22-10-9-21(5)17-8-7-15(2)19(23)16(17)14-18(22)20(21,3)4/h6-8,18,23H,1,9-14H2,2-5H3/t18-,21?/m1/s1. The van der Waals surface area contributed by atoms with E-state index in [1.54, 1.807) is 6.08 Å². The first-order valence-corrected chi connectivity index (χ1v) is 9.07. The Labute approximate surface area is 146 Å². The lowest BCUT2D eigenvalue weighted by Crippen LogP contribution is -2.64. The van der Waals surface area contributed by atoms with Gasteiger partial charge in [-0.1, -0.05) is 39.0 Å². The van der Waals surface area contributed by atoms with E-state index in [9.17, 15) is 5.11 Å². The van der Waals surface area contributed by atoms with Crippen LogP contribution in [-0.4, -0.2) is 42.4 Å². The molecule has 0 aromatic heterocycles. The number of hydrogen-bond acceptors (Lipinski definition) is 3. The van der Waals surface area contributed by atoms with E-state index in [1.807, 2.05) is 6.92 Å². The second-order valence-electron chi connectivity index (χ2n) is 8.18. The molecule has 2 aliphatic rings. The number of hydrogen-bond donors (Lipinski definition) is 1. The number of likely N-dealkylation sites (tertiary alicyclic amines) is 1. The number of aromatic hydroxyl groups is 1. The number of ether oxygens (including phenoxy) is 1. The second-order valence-corrected chi connectivity index (χ2v) is 8.18. The summed E-state index contributed by atoms with van der Waals surface area (Å²) in [6.45, 7) is 16.3. The third-order valence-corrected chi connectivity index (χ3v) is 6.83. The molecular weight excluding hydrogens is 298 g/mol. The summed E-state index contributed by atoms with van der Waals surface area (Å²) in [6, 6.07) is 4.76. The number of piperidine rings is 1. The van der Waals surface area contributed by atoms with Gasteiger partial charge in [-0.25, -0.2) is 0 Å². The summed E-state index contributed by atoms with van der Waals surface area (Å²) < 4.78 is 5.62. The Morgan fingerprint density at radius 2 is 2.12 bits per heavy atom. The zero-order chi connectivity index (χ0) is 17.5. The van der Waals surface area contributed by atoms with E-state index in [2.05, 4.69) is 44.4 Å². The summed E-state index contributed by atoms with van der Waals surface area (Å²) in [6.07, 6.45) is 3.84. The zero-order valence-electron chi connectivity index (χ0n) is 15.6. The lowest BCUT2D eigenvalue weighted by atomic mass is 9.51. The van der Waals surface area contributed by atoms with Crippen molar-refractivity contribution >= 4 is 0 Å². The summed E-state index contributed by atoms with van der Waals surface area (Å²) in [5, 5.41) is 10.7. The Morgan fingerprint density at radius 1 is 1.38 bits per heavy atom. The molecule has 1 aliphatic heterocycles. The van der Waals surface area contributed by atoms with Gasteiger partial charge in [0.2, 0.25) is 0 Å². The summed E-state index contributed by atoms with van der Waals surface area (Å²) in [5.41, 5.74) is 3.77. The van der Waals surface area contributed by atoms with Crippen molar-refractivity contribution in [3.63, 3.8) is 0 Å². The van der Waals surface area contributed by atoms with Crippen LogP contribution in [0.5, 0.6) is 5.75 Å². The lowest BCUT2D eigenvalue weighted by Gasteiger charge is -2.61. The molecule has 0 saturated carbocycles. The summed E-state index contributed by atoms with van der Waals surface area (Å²) in [5.74, 6) is 0.504. The Kier molecular flexibility index (Phi) is 4.52. The van der Waals surface area contributed by atoms with Crippen LogP contribution >= 0.6 is 0 Å². The minimum Gasteiger partial charge on any atom is -0.507 e. The molecule has 1 saturated heterocycles. The Balaban J connectivity index is 1.93. The minimum absolute atomic E-state index is 0.106. The third-order valence-electron chi connectivity index (χ3n) is 6.83. The van der Waals surface area contributed by atoms with Crippen LogP contribution in [0.1, 0.15) is 43.9 Å². The van der Waals surface area contributed by atoms with Gasteiger partial charge in [-0.15, -0.1) is 6.58 Å². The largest absolute Gasteiger partial charge is 0.507 e. The van der Waals surface area contributed by atoms with Crippen molar-refractivity contribution in [2.24, 2.45) is 5.41 Å². The molecular formula is C21H31NO2. The second kappa shape index (κ2) is 6.20. The van der Waals surface area contributed by atoms with Gasteiger partial charge >= 0.3 is 0 Å². The Bertz CT molecular complexity index is 637. The molecule has 0 radical (unpaired) electrons. The predicted molar refractivity (Wildman–Crippen MR) is 98.7 cm³/mol. The smallest absolute Gasteiger partial charge is 0.122 e. The van der Waals surface area contributed by atoms with Gasteiger partial charge in [-0.3, -0.25) is 4.90 Å². The van der Waals surface area contributed by atoms with Gasteiger partial charge in [0.25, 0.3) is 0 Å². The van der Waals surface area contributed by atoms with Gasteiger partial charge < -0.3 is 9.84 Å². The van der Waals surface area contributed by atoms with Gasteiger partial charge in [0.1, 0.15) is 5.75 Å². The molecule has 2 atom stereocenters. The lowest BCUT2D eigenvalue weighted by molar-refractivity contribution is -0.0473. The molecule has 1 fully saturated rings. The van der Waals surface area contributed by atoms with Crippen LogP contribution in [0.15, 0.2) is 24.8 Å². The normalized spacial score (nSPS) is 28.4. The first-order chi connectivity index (χ1) is 11.3. The van der Waals surface area contributed by atoms with Crippen LogP contribution in [-0.2, 0) is 16.6 Å². The van der Waals surface area contributed by atoms with E-state index in [0.29, 0.717) is 18.4 Å². The third kappa shape index (κ3) is 2.49. The minimum atomic E-state index is 0.106. The molecule has 1 aromatic carbocycles. The fourth-order valence-corrected chi connectivity index (χ4v) is 4.82. The molecule has 3 heteroatoms. The first-order valence-electron chi connectivity index (χ1n) is 9.07. The highest BCUT2D eigenvalue weighted by atomic mass is 16.5. The van der Waals surface area contributed by atoms with Crippen molar-refractivity contribution in [1.82, 2.24) is 4.90 Å². The number of benzene rings is 1. The van der Waals surface area contributed by atoms with E-state index in [1.165, 1.54) is 11.1 Å². The molecule has 24 heavy (non-hydrogen) atoms. The Morgan fingerprint density at radius 3 is 2.83 bits per heavy atom. The molecule has 2 bridgehead atoms. The van der Waals surface area contributed by atoms with Gasteiger partial charge in [0.05, 0.1) is 13.2 Å². The molecule has 1 aliphatic carbocycles. The van der Waals surface area contributed by atoms with Crippen molar-refractivity contribution < 1.29 is 9.84 Å². The maximum absolute atomic E-state index is 10.7. The van der Waals surface area contributed by atoms with Crippen LogP contribution in [0.3, 0.4) is 0 Å². The van der Waals surface area contributed by atoms with Crippen molar-refractivity contribution in [1.29, 1.82) is 0 Å². The van der Waals surface area contributed by atoms with Crippen molar-refractivity contribution in [3.8, 4) is 5.75 Å². The number of phenolic OH excluding ortho intramolecular Hbond substituents is 1. The van der Waals surface area contributed by atoms with Crippen LogP contribution in [0.4, 0.5) is 0 Å². The fourth-order valence-electron chi connectivity index (χ4n) is 4.82. The van der Waals surface area contributed by atoms with Crippen molar-refractivity contribution in [2.75, 3.05) is 26.3 Å². The highest BCUT2D eigenvalue weighted by Crippen LogP contribution is 2.57. The quantitative estimate of drug-likeness (QED) is 0.658. The zero-order valence-corrected chi connectivity index (χ0v) is 15.6. The number of aryl methyl sites for hydroxylation is 1. The van der Waals surface area contributed by atoms with Crippen LogP contribution in [0, 0.1) is 12.3 Å². The van der Waals surface area contributed by atoms with E-state index < -0.39 is 0 Å². The number of rotatable bonds is 5. The van der Waals surface area contributed by atoms with Gasteiger partial charge in [-0.2, -0.15) is 0 Å². The Hall–Kier alpha value is -1.32. The SMILES string of the molecule is C=CCOCCN1CCC2(C)c3ccc(C)c(O)c3C[C@@H]1C2(C)C. The molecule has 0 amide bonds. The van der Waals surface area contributed by atoms with E-state index in [0.717, 1.165) is 38.1 Å². The molecule has 132 valence electrons.